The van der Waals surface area contributed by atoms with Crippen molar-refractivity contribution in [3.63, 3.8) is 0 Å². The molecule has 0 aromatic heterocycles. The van der Waals surface area contributed by atoms with Crippen molar-refractivity contribution in [2.75, 3.05) is 20.1 Å². The van der Waals surface area contributed by atoms with Crippen LogP contribution in [0.25, 0.3) is 0 Å². The molecule has 2 nitrogen and oxygen atoms in total. The highest BCUT2D eigenvalue weighted by Crippen LogP contribution is 2.50. The largest absolute Gasteiger partial charge is 0.311 e. The smallest absolute Gasteiger partial charge is 0.0110 e. The SMILES string of the molecule is CN1CCC(N[C@H]2C[C@@H]2C2(C)C=CC=CC2)CC1. The van der Waals surface area contributed by atoms with Crippen LogP contribution in [0.3, 0.4) is 0 Å². The fourth-order valence-electron chi connectivity index (χ4n) is 3.60. The van der Waals surface area contributed by atoms with Gasteiger partial charge in [-0.1, -0.05) is 31.2 Å². The van der Waals surface area contributed by atoms with Crippen LogP contribution in [0.1, 0.15) is 32.6 Å². The van der Waals surface area contributed by atoms with E-state index in [1.54, 1.807) is 0 Å². The lowest BCUT2D eigenvalue weighted by Crippen LogP contribution is -2.42. The summed E-state index contributed by atoms with van der Waals surface area (Å²) in [6.45, 7) is 4.94. The predicted molar refractivity (Wildman–Crippen MR) is 76.6 cm³/mol. The van der Waals surface area contributed by atoms with E-state index >= 15 is 0 Å². The van der Waals surface area contributed by atoms with Gasteiger partial charge in [-0.25, -0.2) is 0 Å². The van der Waals surface area contributed by atoms with Gasteiger partial charge in [-0.3, -0.25) is 0 Å². The number of allylic oxidation sites excluding steroid dienone is 4. The number of piperidine rings is 1. The van der Waals surface area contributed by atoms with Gasteiger partial charge < -0.3 is 10.2 Å². The van der Waals surface area contributed by atoms with Gasteiger partial charge in [0, 0.05) is 12.1 Å². The standard InChI is InChI=1S/C16H26N2/c1-16(8-4-3-5-9-16)14-12-15(14)17-13-6-10-18(2)11-7-13/h3-5,8,13-15,17H,6-7,9-12H2,1-2H3/t14-,15-,16?/m0/s1. The van der Waals surface area contributed by atoms with Crippen LogP contribution in [-0.2, 0) is 0 Å². The topological polar surface area (TPSA) is 15.3 Å². The first-order chi connectivity index (χ1) is 8.67. The van der Waals surface area contributed by atoms with Gasteiger partial charge >= 0.3 is 0 Å². The molecule has 3 atom stereocenters. The van der Waals surface area contributed by atoms with Gasteiger partial charge in [-0.05, 0) is 57.2 Å². The van der Waals surface area contributed by atoms with Crippen molar-refractivity contribution in [1.29, 1.82) is 0 Å². The Morgan fingerprint density at radius 2 is 2.00 bits per heavy atom. The molecule has 2 aliphatic carbocycles. The van der Waals surface area contributed by atoms with Crippen LogP contribution in [0.2, 0.25) is 0 Å². The maximum atomic E-state index is 3.90. The fraction of sp³-hybridized carbons (Fsp3) is 0.750. The lowest BCUT2D eigenvalue weighted by atomic mass is 9.79. The first-order valence-corrected chi connectivity index (χ1v) is 7.46. The van der Waals surface area contributed by atoms with E-state index in [0.717, 1.165) is 18.0 Å². The van der Waals surface area contributed by atoms with Crippen molar-refractivity contribution in [3.8, 4) is 0 Å². The van der Waals surface area contributed by atoms with E-state index in [4.69, 9.17) is 0 Å². The molecule has 0 spiro atoms. The summed E-state index contributed by atoms with van der Waals surface area (Å²) in [6.07, 6.45) is 14.4. The molecule has 18 heavy (non-hydrogen) atoms. The predicted octanol–water partition coefficient (Wildman–Crippen LogP) is 2.58. The molecule has 0 aromatic carbocycles. The summed E-state index contributed by atoms with van der Waals surface area (Å²) in [5, 5.41) is 3.90. The Balaban J connectivity index is 1.49. The molecular formula is C16H26N2. The lowest BCUT2D eigenvalue weighted by molar-refractivity contribution is 0.228. The number of hydrogen-bond donors (Lipinski definition) is 1. The average molecular weight is 246 g/mol. The molecular weight excluding hydrogens is 220 g/mol. The Morgan fingerprint density at radius 3 is 2.67 bits per heavy atom. The highest BCUT2D eigenvalue weighted by molar-refractivity contribution is 5.21. The molecule has 1 saturated carbocycles. The molecule has 1 N–H and O–H groups in total. The Labute approximate surface area is 111 Å². The van der Waals surface area contributed by atoms with Crippen LogP contribution in [0, 0.1) is 11.3 Å². The van der Waals surface area contributed by atoms with Crippen LogP contribution in [0.4, 0.5) is 0 Å². The zero-order valence-corrected chi connectivity index (χ0v) is 11.7. The van der Waals surface area contributed by atoms with Gasteiger partial charge in [0.2, 0.25) is 0 Å². The maximum Gasteiger partial charge on any atom is 0.0110 e. The van der Waals surface area contributed by atoms with Gasteiger partial charge in [0.05, 0.1) is 0 Å². The van der Waals surface area contributed by atoms with Crippen molar-refractivity contribution in [2.45, 2.75) is 44.7 Å². The molecule has 2 heteroatoms. The molecule has 1 saturated heterocycles. The zero-order valence-electron chi connectivity index (χ0n) is 11.7. The summed E-state index contributed by atoms with van der Waals surface area (Å²) in [5.41, 5.74) is 0.415. The number of nitrogens with one attached hydrogen (secondary N) is 1. The van der Waals surface area contributed by atoms with E-state index in [1.807, 2.05) is 0 Å². The monoisotopic (exact) mass is 246 g/mol. The van der Waals surface area contributed by atoms with E-state index < -0.39 is 0 Å². The number of nitrogens with zero attached hydrogens (tertiary/aromatic N) is 1. The van der Waals surface area contributed by atoms with Gasteiger partial charge in [0.15, 0.2) is 0 Å². The summed E-state index contributed by atoms with van der Waals surface area (Å²) in [5.74, 6) is 0.860. The van der Waals surface area contributed by atoms with Crippen molar-refractivity contribution in [1.82, 2.24) is 10.2 Å². The van der Waals surface area contributed by atoms with Gasteiger partial charge in [-0.15, -0.1) is 0 Å². The summed E-state index contributed by atoms with van der Waals surface area (Å²) in [7, 11) is 2.23. The summed E-state index contributed by atoms with van der Waals surface area (Å²) in [4.78, 5) is 2.44. The normalized spacial score (nSPS) is 41.2. The van der Waals surface area contributed by atoms with Crippen molar-refractivity contribution >= 4 is 0 Å². The van der Waals surface area contributed by atoms with E-state index in [-0.39, 0.29) is 0 Å². The number of rotatable bonds is 3. The van der Waals surface area contributed by atoms with Crippen molar-refractivity contribution < 1.29 is 0 Å². The van der Waals surface area contributed by atoms with Gasteiger partial charge in [0.25, 0.3) is 0 Å². The quantitative estimate of drug-likeness (QED) is 0.823. The number of hydrogen-bond acceptors (Lipinski definition) is 2. The van der Waals surface area contributed by atoms with E-state index in [9.17, 15) is 0 Å². The Kier molecular flexibility index (Phi) is 3.33. The lowest BCUT2D eigenvalue weighted by Gasteiger charge is -2.31. The van der Waals surface area contributed by atoms with Crippen molar-refractivity contribution in [2.24, 2.45) is 11.3 Å². The minimum atomic E-state index is 0.415. The van der Waals surface area contributed by atoms with Crippen LogP contribution < -0.4 is 5.32 Å². The Hall–Kier alpha value is -0.600. The van der Waals surface area contributed by atoms with E-state index in [2.05, 4.69) is 48.5 Å². The average Bonchev–Trinajstić information content (AvgIpc) is 3.13. The third-order valence-corrected chi connectivity index (χ3v) is 5.09. The van der Waals surface area contributed by atoms with Crippen LogP contribution in [0.15, 0.2) is 24.3 Å². The van der Waals surface area contributed by atoms with E-state index in [0.29, 0.717) is 5.41 Å². The second-order valence-corrected chi connectivity index (χ2v) is 6.69. The fourth-order valence-corrected chi connectivity index (χ4v) is 3.60. The molecule has 0 bridgehead atoms. The number of likely N-dealkylation sites (tertiary alicyclic amines) is 1. The second kappa shape index (κ2) is 4.82. The van der Waals surface area contributed by atoms with Crippen LogP contribution >= 0.6 is 0 Å². The Bertz CT molecular complexity index is 352. The molecule has 1 heterocycles. The maximum absolute atomic E-state index is 3.90. The minimum Gasteiger partial charge on any atom is -0.311 e. The van der Waals surface area contributed by atoms with E-state index in [1.165, 1.54) is 38.8 Å². The molecule has 100 valence electrons. The molecule has 0 radical (unpaired) electrons. The Morgan fingerprint density at radius 1 is 1.22 bits per heavy atom. The first-order valence-electron chi connectivity index (χ1n) is 7.46. The molecule has 3 rings (SSSR count). The van der Waals surface area contributed by atoms with Gasteiger partial charge in [-0.2, -0.15) is 0 Å². The second-order valence-electron chi connectivity index (χ2n) is 6.69. The highest BCUT2D eigenvalue weighted by Gasteiger charge is 2.48. The molecule has 1 unspecified atom stereocenters. The third kappa shape index (κ3) is 2.55. The third-order valence-electron chi connectivity index (χ3n) is 5.09. The first kappa shape index (κ1) is 12.4. The molecule has 3 aliphatic rings. The summed E-state index contributed by atoms with van der Waals surface area (Å²) >= 11 is 0. The summed E-state index contributed by atoms with van der Waals surface area (Å²) < 4.78 is 0. The van der Waals surface area contributed by atoms with Gasteiger partial charge in [0.1, 0.15) is 0 Å². The summed E-state index contributed by atoms with van der Waals surface area (Å²) in [6, 6.07) is 1.54. The zero-order chi connectivity index (χ0) is 12.6. The molecule has 0 aromatic rings. The minimum absolute atomic E-state index is 0.415. The van der Waals surface area contributed by atoms with Crippen LogP contribution in [-0.4, -0.2) is 37.1 Å². The molecule has 2 fully saturated rings. The van der Waals surface area contributed by atoms with Crippen molar-refractivity contribution in [3.05, 3.63) is 24.3 Å². The molecule has 1 aliphatic heterocycles. The van der Waals surface area contributed by atoms with Crippen LogP contribution in [0.5, 0.6) is 0 Å². The molecule has 0 amide bonds. The highest BCUT2D eigenvalue weighted by atomic mass is 15.1.